The Labute approximate surface area is 125 Å². The van der Waals surface area contributed by atoms with Crippen molar-refractivity contribution in [2.45, 2.75) is 12.3 Å². The summed E-state index contributed by atoms with van der Waals surface area (Å²) in [5, 5.41) is 18.8. The van der Waals surface area contributed by atoms with Crippen LogP contribution in [-0.4, -0.2) is 11.1 Å². The second kappa shape index (κ2) is 6.00. The number of rotatable bonds is 4. The zero-order chi connectivity index (χ0) is 14.7. The van der Waals surface area contributed by atoms with Crippen LogP contribution in [0.3, 0.4) is 0 Å². The van der Waals surface area contributed by atoms with Gasteiger partial charge in [0.25, 0.3) is 0 Å². The molecule has 0 aliphatic carbocycles. The van der Waals surface area contributed by atoms with E-state index in [1.807, 2.05) is 0 Å². The summed E-state index contributed by atoms with van der Waals surface area (Å²) in [7, 11) is 0. The number of nitrogens with zero attached hydrogens (tertiary/aromatic N) is 1. The highest BCUT2D eigenvalue weighted by molar-refractivity contribution is 6.42. The molecule has 0 radical (unpaired) electrons. The Morgan fingerprint density at radius 3 is 2.60 bits per heavy atom. The van der Waals surface area contributed by atoms with Crippen LogP contribution in [0.2, 0.25) is 10.0 Å². The molecule has 2 rings (SSSR count). The van der Waals surface area contributed by atoms with Gasteiger partial charge < -0.3 is 9.52 Å². The van der Waals surface area contributed by atoms with E-state index in [0.717, 1.165) is 0 Å². The summed E-state index contributed by atoms with van der Waals surface area (Å²) in [4.78, 5) is 10.7. The predicted molar refractivity (Wildman–Crippen MR) is 74.2 cm³/mol. The molecule has 0 fully saturated rings. The fourth-order valence-corrected chi connectivity index (χ4v) is 2.08. The van der Waals surface area contributed by atoms with Crippen molar-refractivity contribution in [3.63, 3.8) is 0 Å². The number of hydrogen-bond donors (Lipinski definition) is 1. The lowest BCUT2D eigenvalue weighted by Gasteiger charge is -2.08. The second-order valence-corrected chi connectivity index (χ2v) is 4.94. The van der Waals surface area contributed by atoms with Crippen LogP contribution in [0.25, 0.3) is 0 Å². The van der Waals surface area contributed by atoms with Gasteiger partial charge in [0.2, 0.25) is 5.76 Å². The van der Waals surface area contributed by atoms with Crippen LogP contribution < -0.4 is 0 Å². The molecule has 0 spiro atoms. The van der Waals surface area contributed by atoms with Gasteiger partial charge >= 0.3 is 5.97 Å². The van der Waals surface area contributed by atoms with E-state index < -0.39 is 11.9 Å². The van der Waals surface area contributed by atoms with Gasteiger partial charge in [0.1, 0.15) is 5.76 Å². The standard InChI is InChI=1S/C14H9Cl2NO3/c15-11-3-1-8(6-12(11)16)9(7-17)5-10-2-4-13(20-10)14(18)19/h1-4,6,9H,5H2,(H,18,19). The Hall–Kier alpha value is -1.96. The Balaban J connectivity index is 2.22. The molecule has 6 heteroatoms. The first-order valence-corrected chi connectivity index (χ1v) is 6.43. The van der Waals surface area contributed by atoms with Crippen molar-refractivity contribution in [2.24, 2.45) is 0 Å². The zero-order valence-electron chi connectivity index (χ0n) is 10.1. The predicted octanol–water partition coefficient (Wildman–Crippen LogP) is 4.13. The quantitative estimate of drug-likeness (QED) is 0.921. The van der Waals surface area contributed by atoms with Gasteiger partial charge in [-0.3, -0.25) is 0 Å². The van der Waals surface area contributed by atoms with Crippen molar-refractivity contribution >= 4 is 29.2 Å². The van der Waals surface area contributed by atoms with E-state index in [0.29, 0.717) is 21.4 Å². The van der Waals surface area contributed by atoms with Crippen LogP contribution in [-0.2, 0) is 6.42 Å². The lowest BCUT2D eigenvalue weighted by atomic mass is 9.96. The highest BCUT2D eigenvalue weighted by Gasteiger charge is 2.16. The fourth-order valence-electron chi connectivity index (χ4n) is 1.77. The van der Waals surface area contributed by atoms with Gasteiger partial charge in [0.05, 0.1) is 22.0 Å². The molecule has 0 saturated carbocycles. The van der Waals surface area contributed by atoms with Gasteiger partial charge in [-0.05, 0) is 29.8 Å². The number of benzene rings is 1. The third kappa shape index (κ3) is 3.13. The molecule has 0 aliphatic heterocycles. The molecule has 20 heavy (non-hydrogen) atoms. The van der Waals surface area contributed by atoms with Gasteiger partial charge in [-0.25, -0.2) is 4.79 Å². The number of hydrogen-bond acceptors (Lipinski definition) is 3. The Bertz CT molecular complexity index is 688. The van der Waals surface area contributed by atoms with E-state index in [2.05, 4.69) is 6.07 Å². The smallest absolute Gasteiger partial charge is 0.371 e. The average molecular weight is 310 g/mol. The number of carboxylic acid groups (broad SMARTS) is 1. The number of aromatic carboxylic acids is 1. The van der Waals surface area contributed by atoms with Crippen molar-refractivity contribution < 1.29 is 14.3 Å². The molecule has 1 atom stereocenters. The van der Waals surface area contributed by atoms with Gasteiger partial charge in [-0.1, -0.05) is 29.3 Å². The highest BCUT2D eigenvalue weighted by Crippen LogP contribution is 2.28. The molecule has 1 N–H and O–H groups in total. The van der Waals surface area contributed by atoms with Gasteiger partial charge in [0, 0.05) is 6.42 Å². The first kappa shape index (κ1) is 14.4. The summed E-state index contributed by atoms with van der Waals surface area (Å²) in [6.45, 7) is 0. The number of halogens is 2. The Kier molecular flexibility index (Phi) is 4.33. The average Bonchev–Trinajstić information content (AvgIpc) is 2.88. The SMILES string of the molecule is N#CC(Cc1ccc(C(=O)O)o1)c1ccc(Cl)c(Cl)c1. The molecule has 4 nitrogen and oxygen atoms in total. The number of carbonyl (C=O) groups is 1. The van der Waals surface area contributed by atoms with Crippen molar-refractivity contribution in [1.82, 2.24) is 0 Å². The van der Waals surface area contributed by atoms with E-state index >= 15 is 0 Å². The molecule has 1 aromatic carbocycles. The summed E-state index contributed by atoms with van der Waals surface area (Å²) in [5.74, 6) is -1.34. The topological polar surface area (TPSA) is 74.2 Å². The maximum Gasteiger partial charge on any atom is 0.371 e. The lowest BCUT2D eigenvalue weighted by Crippen LogP contribution is -2.00. The number of carboxylic acids is 1. The van der Waals surface area contributed by atoms with Crippen LogP contribution in [0, 0.1) is 11.3 Å². The van der Waals surface area contributed by atoms with Crippen LogP contribution in [0.5, 0.6) is 0 Å². The van der Waals surface area contributed by atoms with Crippen LogP contribution in [0.1, 0.15) is 27.8 Å². The molecular weight excluding hydrogens is 301 g/mol. The number of furan rings is 1. The van der Waals surface area contributed by atoms with Crippen LogP contribution in [0.4, 0.5) is 0 Å². The van der Waals surface area contributed by atoms with Crippen molar-refractivity contribution in [3.05, 3.63) is 57.5 Å². The monoisotopic (exact) mass is 309 g/mol. The van der Waals surface area contributed by atoms with Crippen molar-refractivity contribution in [3.8, 4) is 6.07 Å². The van der Waals surface area contributed by atoms with E-state index in [9.17, 15) is 10.1 Å². The summed E-state index contributed by atoms with van der Waals surface area (Å²) in [6, 6.07) is 10.0. The normalized spacial score (nSPS) is 11.8. The summed E-state index contributed by atoms with van der Waals surface area (Å²) < 4.78 is 5.14. The van der Waals surface area contributed by atoms with Crippen LogP contribution >= 0.6 is 23.2 Å². The van der Waals surface area contributed by atoms with Crippen LogP contribution in [0.15, 0.2) is 34.7 Å². The summed E-state index contributed by atoms with van der Waals surface area (Å²) in [6.07, 6.45) is 0.266. The molecule has 2 aromatic rings. The minimum absolute atomic E-state index is 0.147. The van der Waals surface area contributed by atoms with Gasteiger partial charge in [-0.15, -0.1) is 0 Å². The summed E-state index contributed by atoms with van der Waals surface area (Å²) in [5.41, 5.74) is 0.704. The van der Waals surface area contributed by atoms with E-state index in [-0.39, 0.29) is 12.2 Å². The van der Waals surface area contributed by atoms with E-state index in [1.54, 1.807) is 24.3 Å². The molecule has 0 bridgehead atoms. The maximum atomic E-state index is 10.7. The molecular formula is C14H9Cl2NO3. The minimum atomic E-state index is -1.14. The van der Waals surface area contributed by atoms with Gasteiger partial charge in [-0.2, -0.15) is 5.26 Å². The minimum Gasteiger partial charge on any atom is -0.475 e. The van der Waals surface area contributed by atoms with E-state index in [4.69, 9.17) is 32.7 Å². The third-order valence-electron chi connectivity index (χ3n) is 2.78. The first-order chi connectivity index (χ1) is 9.51. The molecule has 0 amide bonds. The molecule has 102 valence electrons. The Morgan fingerprint density at radius 2 is 2.05 bits per heavy atom. The molecule has 0 saturated heterocycles. The zero-order valence-corrected chi connectivity index (χ0v) is 11.6. The third-order valence-corrected chi connectivity index (χ3v) is 3.52. The molecule has 1 unspecified atom stereocenters. The van der Waals surface area contributed by atoms with Gasteiger partial charge in [0.15, 0.2) is 0 Å². The largest absolute Gasteiger partial charge is 0.475 e. The Morgan fingerprint density at radius 1 is 1.30 bits per heavy atom. The lowest BCUT2D eigenvalue weighted by molar-refractivity contribution is 0.0660. The summed E-state index contributed by atoms with van der Waals surface area (Å²) >= 11 is 11.7. The molecule has 1 heterocycles. The number of nitriles is 1. The highest BCUT2D eigenvalue weighted by atomic mass is 35.5. The molecule has 0 aliphatic rings. The molecule has 1 aromatic heterocycles. The van der Waals surface area contributed by atoms with Crippen molar-refractivity contribution in [2.75, 3.05) is 0 Å². The fraction of sp³-hybridized carbons (Fsp3) is 0.143. The second-order valence-electron chi connectivity index (χ2n) is 4.13. The maximum absolute atomic E-state index is 10.7. The van der Waals surface area contributed by atoms with Crippen molar-refractivity contribution in [1.29, 1.82) is 5.26 Å². The van der Waals surface area contributed by atoms with E-state index in [1.165, 1.54) is 6.07 Å². The first-order valence-electron chi connectivity index (χ1n) is 5.68.